The average molecular weight is 520 g/mol. The molecule has 37 heavy (non-hydrogen) atoms. The van der Waals surface area contributed by atoms with Gasteiger partial charge in [0.15, 0.2) is 0 Å². The number of amides is 3. The van der Waals surface area contributed by atoms with E-state index in [1.54, 1.807) is 18.2 Å². The molecule has 1 saturated heterocycles. The van der Waals surface area contributed by atoms with Gasteiger partial charge in [0.05, 0.1) is 24.7 Å². The Hall–Kier alpha value is -3.31. The van der Waals surface area contributed by atoms with E-state index in [1.165, 1.54) is 12.1 Å². The molecule has 1 saturated carbocycles. The molecule has 2 aromatic rings. The van der Waals surface area contributed by atoms with Crippen LogP contribution < -0.4 is 20.7 Å². The van der Waals surface area contributed by atoms with Crippen molar-refractivity contribution in [2.45, 2.75) is 56.1 Å². The van der Waals surface area contributed by atoms with Crippen LogP contribution in [0.3, 0.4) is 0 Å². The second-order valence-electron chi connectivity index (χ2n) is 9.76. The van der Waals surface area contributed by atoms with Crippen molar-refractivity contribution in [3.63, 3.8) is 0 Å². The number of fused-ring (bicyclic) bond motifs is 3. The van der Waals surface area contributed by atoms with Crippen molar-refractivity contribution in [2.75, 3.05) is 23.8 Å². The van der Waals surface area contributed by atoms with E-state index in [4.69, 9.17) is 9.47 Å². The van der Waals surface area contributed by atoms with Crippen LogP contribution in [0.1, 0.15) is 42.7 Å². The second kappa shape index (κ2) is 10.2. The third kappa shape index (κ3) is 5.99. The highest BCUT2D eigenvalue weighted by Crippen LogP contribution is 2.47. The van der Waals surface area contributed by atoms with Gasteiger partial charge in [-0.1, -0.05) is 0 Å². The van der Waals surface area contributed by atoms with Crippen molar-refractivity contribution in [2.24, 2.45) is 5.92 Å². The van der Waals surface area contributed by atoms with E-state index in [1.807, 2.05) is 0 Å². The van der Waals surface area contributed by atoms with Gasteiger partial charge in [0.25, 0.3) is 0 Å². The highest BCUT2D eigenvalue weighted by Gasteiger charge is 2.46. The maximum Gasteiger partial charge on any atom is 0.416 e. The molecule has 4 atom stereocenters. The smallest absolute Gasteiger partial charge is 0.416 e. The van der Waals surface area contributed by atoms with Gasteiger partial charge in [0.2, 0.25) is 5.91 Å². The summed E-state index contributed by atoms with van der Waals surface area (Å²) in [4.78, 5) is 24.8. The van der Waals surface area contributed by atoms with Crippen molar-refractivity contribution in [1.29, 1.82) is 0 Å². The van der Waals surface area contributed by atoms with E-state index in [0.717, 1.165) is 30.5 Å². The molecule has 4 N–H and O–H groups in total. The van der Waals surface area contributed by atoms with Gasteiger partial charge in [-0.05, 0) is 67.6 Å². The Morgan fingerprint density at radius 2 is 1.73 bits per heavy atom. The maximum atomic E-state index is 12.7. The predicted molar refractivity (Wildman–Crippen MR) is 128 cm³/mol. The summed E-state index contributed by atoms with van der Waals surface area (Å²) in [5.41, 5.74) is 0.719. The highest BCUT2D eigenvalue weighted by molar-refractivity contribution is 5.99. The van der Waals surface area contributed by atoms with Gasteiger partial charge in [-0.25, -0.2) is 4.79 Å². The molecule has 0 unspecified atom stereocenters. The van der Waals surface area contributed by atoms with Gasteiger partial charge in [0, 0.05) is 29.4 Å². The van der Waals surface area contributed by atoms with Crippen molar-refractivity contribution in [3.8, 4) is 5.75 Å². The number of hydrogen-bond acceptors (Lipinski definition) is 5. The zero-order valence-corrected chi connectivity index (χ0v) is 19.9. The summed E-state index contributed by atoms with van der Waals surface area (Å²) in [6.07, 6.45) is -2.85. The first-order valence-corrected chi connectivity index (χ1v) is 12.3. The molecule has 2 heterocycles. The Labute approximate surface area is 211 Å². The van der Waals surface area contributed by atoms with Crippen LogP contribution in [0.25, 0.3) is 0 Å². The van der Waals surface area contributed by atoms with Crippen LogP contribution in [0.2, 0.25) is 0 Å². The first kappa shape index (κ1) is 25.3. The molecule has 198 valence electrons. The van der Waals surface area contributed by atoms with Crippen molar-refractivity contribution >= 4 is 23.3 Å². The Kier molecular flexibility index (Phi) is 7.00. The Bertz CT molecular complexity index is 1150. The summed E-state index contributed by atoms with van der Waals surface area (Å²) in [5, 5.41) is 18.0. The molecule has 1 aliphatic carbocycles. The molecule has 8 nitrogen and oxygen atoms in total. The molecule has 0 aromatic heterocycles. The average Bonchev–Trinajstić information content (AvgIpc) is 3.62. The number of nitrogens with one attached hydrogen (secondary N) is 3. The van der Waals surface area contributed by atoms with E-state index in [0.29, 0.717) is 30.3 Å². The molecule has 2 fully saturated rings. The minimum Gasteiger partial charge on any atom is -0.487 e. The lowest BCUT2D eigenvalue weighted by Gasteiger charge is -2.37. The number of carbonyl (C=O) groups excluding carboxylic acids is 2. The van der Waals surface area contributed by atoms with E-state index in [2.05, 4.69) is 16.0 Å². The van der Waals surface area contributed by atoms with E-state index in [9.17, 15) is 27.9 Å². The van der Waals surface area contributed by atoms with E-state index >= 15 is 0 Å². The molecule has 3 aliphatic rings. The van der Waals surface area contributed by atoms with Gasteiger partial charge in [-0.3, -0.25) is 4.79 Å². The van der Waals surface area contributed by atoms with Crippen LogP contribution in [0, 0.1) is 5.92 Å². The number of hydrogen-bond donors (Lipinski definition) is 4. The van der Waals surface area contributed by atoms with Crippen molar-refractivity contribution in [3.05, 3.63) is 53.6 Å². The third-order valence-corrected chi connectivity index (χ3v) is 6.93. The fourth-order valence-corrected chi connectivity index (χ4v) is 4.86. The number of halogens is 3. The number of urea groups is 1. The van der Waals surface area contributed by atoms with Crippen molar-refractivity contribution in [1.82, 2.24) is 5.32 Å². The summed E-state index contributed by atoms with van der Waals surface area (Å²) in [7, 11) is 0. The number of alkyl halides is 3. The first-order chi connectivity index (χ1) is 17.7. The molecule has 0 spiro atoms. The molecule has 11 heteroatoms. The fraction of sp³-hybridized carbons (Fsp3) is 0.462. The molecular weight excluding hydrogens is 491 g/mol. The SMILES string of the molecule is O=C(C[C@@H]1C[C@@H]2c3cc(NC(=O)Nc4ccc(C(F)(F)F)cc4)ccc3O[C@@H]2[C@H](CO)O1)NCC1CC1. The molecule has 5 rings (SSSR count). The second-order valence-corrected chi connectivity index (χ2v) is 9.76. The van der Waals surface area contributed by atoms with E-state index in [-0.39, 0.29) is 36.6 Å². The lowest BCUT2D eigenvalue weighted by molar-refractivity contribution is -0.142. The number of aliphatic hydroxyl groups excluding tert-OH is 1. The van der Waals surface area contributed by atoms with Crippen LogP contribution in [-0.2, 0) is 15.7 Å². The Morgan fingerprint density at radius 3 is 2.41 bits per heavy atom. The minimum atomic E-state index is -4.45. The minimum absolute atomic E-state index is 0.0819. The van der Waals surface area contributed by atoms with Gasteiger partial charge in [-0.15, -0.1) is 0 Å². The monoisotopic (exact) mass is 519 g/mol. The van der Waals surface area contributed by atoms with Gasteiger partial charge in [-0.2, -0.15) is 13.2 Å². The van der Waals surface area contributed by atoms with Gasteiger partial charge in [0.1, 0.15) is 18.0 Å². The van der Waals surface area contributed by atoms with Crippen molar-refractivity contribution < 1.29 is 37.3 Å². The number of carbonyl (C=O) groups is 2. The van der Waals surface area contributed by atoms with Gasteiger partial charge >= 0.3 is 12.2 Å². The quantitative estimate of drug-likeness (QED) is 0.437. The zero-order chi connectivity index (χ0) is 26.2. The summed E-state index contributed by atoms with van der Waals surface area (Å²) in [6, 6.07) is 8.69. The lowest BCUT2D eigenvalue weighted by Crippen LogP contribution is -2.47. The number of aliphatic hydroxyl groups is 1. The zero-order valence-electron chi connectivity index (χ0n) is 19.9. The predicted octanol–water partition coefficient (Wildman–Crippen LogP) is 4.26. The summed E-state index contributed by atoms with van der Waals surface area (Å²) >= 11 is 0. The highest BCUT2D eigenvalue weighted by atomic mass is 19.4. The maximum absolute atomic E-state index is 12.7. The number of ether oxygens (including phenoxy) is 2. The van der Waals surface area contributed by atoms with Crippen LogP contribution in [-0.4, -0.2) is 48.5 Å². The number of anilines is 2. The summed E-state index contributed by atoms with van der Waals surface area (Å²) < 4.78 is 50.3. The fourth-order valence-electron chi connectivity index (χ4n) is 4.86. The number of rotatable bonds is 7. The molecule has 2 aliphatic heterocycles. The molecule has 0 bridgehead atoms. The Balaban J connectivity index is 1.23. The lowest BCUT2D eigenvalue weighted by atomic mass is 9.84. The van der Waals surface area contributed by atoms with Crippen LogP contribution in [0.15, 0.2) is 42.5 Å². The summed E-state index contributed by atoms with van der Waals surface area (Å²) in [5.74, 6) is 0.969. The molecule has 0 radical (unpaired) electrons. The van der Waals surface area contributed by atoms with Crippen LogP contribution in [0.5, 0.6) is 5.75 Å². The summed E-state index contributed by atoms with van der Waals surface area (Å²) in [6.45, 7) is 0.423. The van der Waals surface area contributed by atoms with E-state index < -0.39 is 30.0 Å². The topological polar surface area (TPSA) is 109 Å². The molecular formula is C26H28F3N3O5. The Morgan fingerprint density at radius 1 is 1.03 bits per heavy atom. The standard InChI is InChI=1S/C26H28F3N3O5/c27-26(28,29)15-3-5-16(6-4-15)31-25(35)32-17-7-8-21-19(9-17)20-10-18(36-22(13-33)24(20)37-21)11-23(34)30-12-14-1-2-14/h3-9,14,18,20,22,24,33H,1-2,10-13H2,(H,30,34)(H2,31,32,35)/t18-,20+,22-,24-/m0/s1. The third-order valence-electron chi connectivity index (χ3n) is 6.93. The number of benzene rings is 2. The van der Waals surface area contributed by atoms with Crippen LogP contribution >= 0.6 is 0 Å². The normalized spacial score (nSPS) is 24.4. The molecule has 2 aromatic carbocycles. The first-order valence-electron chi connectivity index (χ1n) is 12.3. The largest absolute Gasteiger partial charge is 0.487 e. The van der Waals surface area contributed by atoms with Gasteiger partial charge < -0.3 is 30.5 Å². The molecule has 3 amide bonds. The van der Waals surface area contributed by atoms with Crippen LogP contribution in [0.4, 0.5) is 29.3 Å².